The van der Waals surface area contributed by atoms with Gasteiger partial charge in [0.05, 0.1) is 5.56 Å². The van der Waals surface area contributed by atoms with Gasteiger partial charge in [0.1, 0.15) is 29.0 Å². The lowest BCUT2D eigenvalue weighted by Crippen LogP contribution is -2.23. The molecule has 0 atom stereocenters. The zero-order chi connectivity index (χ0) is 18.0. The fraction of sp³-hybridized carbons (Fsp3) is 0.316. The SMILES string of the molecule is CC(=O)C(C(C)=O)c1oc(C)c(C(=O)N(C)C)c1-c1ccccc1. The number of carbonyl (C=O) groups excluding carboxylic acids is 3. The van der Waals surface area contributed by atoms with Gasteiger partial charge in [0.2, 0.25) is 0 Å². The van der Waals surface area contributed by atoms with Crippen LogP contribution in [0.5, 0.6) is 0 Å². The Morgan fingerprint density at radius 1 is 1.00 bits per heavy atom. The summed E-state index contributed by atoms with van der Waals surface area (Å²) in [4.78, 5) is 38.1. The van der Waals surface area contributed by atoms with Gasteiger partial charge in [0.25, 0.3) is 5.91 Å². The van der Waals surface area contributed by atoms with Gasteiger partial charge in [-0.1, -0.05) is 30.3 Å². The monoisotopic (exact) mass is 327 g/mol. The summed E-state index contributed by atoms with van der Waals surface area (Å²) in [6.07, 6.45) is 0. The first kappa shape index (κ1) is 17.7. The van der Waals surface area contributed by atoms with Crippen molar-refractivity contribution in [3.05, 3.63) is 47.4 Å². The molecule has 5 heteroatoms. The van der Waals surface area contributed by atoms with E-state index in [0.29, 0.717) is 16.9 Å². The lowest BCUT2D eigenvalue weighted by atomic mass is 9.90. The van der Waals surface area contributed by atoms with Crippen LogP contribution < -0.4 is 0 Å². The first-order chi connectivity index (χ1) is 11.3. The molecule has 126 valence electrons. The highest BCUT2D eigenvalue weighted by molar-refractivity contribution is 6.09. The largest absolute Gasteiger partial charge is 0.464 e. The number of furan rings is 1. The average Bonchev–Trinajstić information content (AvgIpc) is 2.83. The number of aryl methyl sites for hydroxylation is 1. The second kappa shape index (κ2) is 6.83. The molecule has 1 heterocycles. The third-order valence-corrected chi connectivity index (χ3v) is 3.87. The molecule has 0 fully saturated rings. The van der Waals surface area contributed by atoms with Crippen molar-refractivity contribution in [2.24, 2.45) is 0 Å². The summed E-state index contributed by atoms with van der Waals surface area (Å²) in [6.45, 7) is 4.38. The molecule has 5 nitrogen and oxygen atoms in total. The molecule has 0 unspecified atom stereocenters. The number of rotatable bonds is 5. The molecule has 0 N–H and O–H groups in total. The maximum Gasteiger partial charge on any atom is 0.257 e. The Morgan fingerprint density at radius 2 is 1.54 bits per heavy atom. The first-order valence-electron chi connectivity index (χ1n) is 7.67. The summed E-state index contributed by atoms with van der Waals surface area (Å²) in [6, 6.07) is 9.19. The molecule has 2 rings (SSSR count). The van der Waals surface area contributed by atoms with Crippen LogP contribution in [0.15, 0.2) is 34.7 Å². The van der Waals surface area contributed by atoms with Gasteiger partial charge < -0.3 is 9.32 Å². The van der Waals surface area contributed by atoms with Gasteiger partial charge in [-0.2, -0.15) is 0 Å². The van der Waals surface area contributed by atoms with E-state index in [1.54, 1.807) is 21.0 Å². The Labute approximate surface area is 141 Å². The summed E-state index contributed by atoms with van der Waals surface area (Å²) >= 11 is 0. The molecule has 0 saturated carbocycles. The van der Waals surface area contributed by atoms with Gasteiger partial charge in [-0.3, -0.25) is 14.4 Å². The zero-order valence-electron chi connectivity index (χ0n) is 14.5. The lowest BCUT2D eigenvalue weighted by Gasteiger charge is -2.13. The summed E-state index contributed by atoms with van der Waals surface area (Å²) in [5.41, 5.74) is 1.64. The molecule has 0 aliphatic carbocycles. The minimum atomic E-state index is -1.01. The van der Waals surface area contributed by atoms with Crippen molar-refractivity contribution in [1.82, 2.24) is 4.90 Å². The fourth-order valence-corrected chi connectivity index (χ4v) is 2.80. The van der Waals surface area contributed by atoms with Crippen LogP contribution in [-0.4, -0.2) is 36.5 Å². The number of Topliss-reactive ketones (excluding diaryl/α,β-unsaturated/α-hetero) is 2. The van der Waals surface area contributed by atoms with E-state index in [2.05, 4.69) is 0 Å². The van der Waals surface area contributed by atoms with E-state index in [-0.39, 0.29) is 23.2 Å². The summed E-state index contributed by atoms with van der Waals surface area (Å²) in [5.74, 6) is -1.22. The molecular weight excluding hydrogens is 306 g/mol. The van der Waals surface area contributed by atoms with E-state index >= 15 is 0 Å². The molecule has 0 aliphatic heterocycles. The summed E-state index contributed by atoms with van der Waals surface area (Å²) < 4.78 is 5.77. The molecule has 0 aliphatic rings. The van der Waals surface area contributed by atoms with Crippen LogP contribution in [-0.2, 0) is 9.59 Å². The van der Waals surface area contributed by atoms with Crippen molar-refractivity contribution in [1.29, 1.82) is 0 Å². The second-order valence-corrected chi connectivity index (χ2v) is 5.99. The molecular formula is C19H21NO4. The zero-order valence-corrected chi connectivity index (χ0v) is 14.5. The molecule has 0 bridgehead atoms. The van der Waals surface area contributed by atoms with E-state index < -0.39 is 5.92 Å². The number of carbonyl (C=O) groups is 3. The quantitative estimate of drug-likeness (QED) is 0.791. The highest BCUT2D eigenvalue weighted by Gasteiger charge is 2.34. The second-order valence-electron chi connectivity index (χ2n) is 5.99. The van der Waals surface area contributed by atoms with Crippen LogP contribution in [0, 0.1) is 6.92 Å². The van der Waals surface area contributed by atoms with Crippen LogP contribution in [0.4, 0.5) is 0 Å². The predicted molar refractivity (Wildman–Crippen MR) is 91.0 cm³/mol. The topological polar surface area (TPSA) is 67.6 Å². The molecule has 0 saturated heterocycles. The standard InChI is InChI=1S/C19H21NO4/c1-11(21)15(12(2)22)18-17(14-9-7-6-8-10-14)16(13(3)24-18)19(23)20(4)5/h6-10,15H,1-5H3. The molecule has 24 heavy (non-hydrogen) atoms. The van der Waals surface area contributed by atoms with Crippen molar-refractivity contribution in [2.45, 2.75) is 26.7 Å². The van der Waals surface area contributed by atoms with E-state index in [1.165, 1.54) is 18.7 Å². The Balaban J connectivity index is 2.82. The van der Waals surface area contributed by atoms with Crippen LogP contribution in [0.25, 0.3) is 11.1 Å². The highest BCUT2D eigenvalue weighted by Crippen LogP contribution is 2.38. The van der Waals surface area contributed by atoms with E-state index in [0.717, 1.165) is 5.56 Å². The number of ketones is 2. The van der Waals surface area contributed by atoms with Gasteiger partial charge in [-0.15, -0.1) is 0 Å². The Morgan fingerprint density at radius 3 is 2.00 bits per heavy atom. The van der Waals surface area contributed by atoms with E-state index in [1.807, 2.05) is 30.3 Å². The molecule has 0 radical (unpaired) electrons. The normalized spacial score (nSPS) is 10.8. The molecule has 0 spiro atoms. The average molecular weight is 327 g/mol. The highest BCUT2D eigenvalue weighted by atomic mass is 16.3. The number of amides is 1. The minimum Gasteiger partial charge on any atom is -0.464 e. The third-order valence-electron chi connectivity index (χ3n) is 3.87. The molecule has 1 amide bonds. The van der Waals surface area contributed by atoms with Crippen molar-refractivity contribution in [3.63, 3.8) is 0 Å². The van der Waals surface area contributed by atoms with Crippen molar-refractivity contribution < 1.29 is 18.8 Å². The van der Waals surface area contributed by atoms with Gasteiger partial charge in [-0.25, -0.2) is 0 Å². The van der Waals surface area contributed by atoms with Gasteiger partial charge in [0, 0.05) is 19.7 Å². The predicted octanol–water partition coefficient (Wildman–Crippen LogP) is 3.22. The van der Waals surface area contributed by atoms with Crippen molar-refractivity contribution in [3.8, 4) is 11.1 Å². The van der Waals surface area contributed by atoms with Gasteiger partial charge in [0.15, 0.2) is 0 Å². The van der Waals surface area contributed by atoms with Crippen molar-refractivity contribution >= 4 is 17.5 Å². The number of benzene rings is 1. The van der Waals surface area contributed by atoms with E-state index in [4.69, 9.17) is 4.42 Å². The van der Waals surface area contributed by atoms with E-state index in [9.17, 15) is 14.4 Å². The Bertz CT molecular complexity index is 773. The maximum absolute atomic E-state index is 12.6. The smallest absolute Gasteiger partial charge is 0.257 e. The van der Waals surface area contributed by atoms with Gasteiger partial charge >= 0.3 is 0 Å². The lowest BCUT2D eigenvalue weighted by molar-refractivity contribution is -0.127. The minimum absolute atomic E-state index is 0.229. The van der Waals surface area contributed by atoms with Crippen LogP contribution in [0.1, 0.15) is 41.6 Å². The van der Waals surface area contributed by atoms with Gasteiger partial charge in [-0.05, 0) is 26.3 Å². The Hall–Kier alpha value is -2.69. The third kappa shape index (κ3) is 3.15. The van der Waals surface area contributed by atoms with Crippen molar-refractivity contribution in [2.75, 3.05) is 14.1 Å². The molecule has 2 aromatic rings. The van der Waals surface area contributed by atoms with Crippen LogP contribution >= 0.6 is 0 Å². The van der Waals surface area contributed by atoms with Crippen LogP contribution in [0.2, 0.25) is 0 Å². The fourth-order valence-electron chi connectivity index (χ4n) is 2.80. The summed E-state index contributed by atoms with van der Waals surface area (Å²) in [5, 5.41) is 0. The number of hydrogen-bond acceptors (Lipinski definition) is 4. The molecule has 1 aromatic carbocycles. The number of nitrogens with zero attached hydrogens (tertiary/aromatic N) is 1. The molecule has 1 aromatic heterocycles. The first-order valence-corrected chi connectivity index (χ1v) is 7.67. The number of hydrogen-bond donors (Lipinski definition) is 0. The summed E-state index contributed by atoms with van der Waals surface area (Å²) in [7, 11) is 3.30. The maximum atomic E-state index is 12.6. The van der Waals surface area contributed by atoms with Crippen LogP contribution in [0.3, 0.4) is 0 Å². The Kier molecular flexibility index (Phi) is 5.02.